The second-order valence-corrected chi connectivity index (χ2v) is 9.80. The van der Waals surface area contributed by atoms with Gasteiger partial charge in [0.05, 0.1) is 19.8 Å². The number of rotatable bonds is 6. The van der Waals surface area contributed by atoms with E-state index >= 15 is 0 Å². The van der Waals surface area contributed by atoms with E-state index in [0.717, 1.165) is 32.1 Å². The molecule has 1 N–H and O–H groups in total. The number of hydrogen-bond donors (Lipinski definition) is 1. The highest BCUT2D eigenvalue weighted by atomic mass is 32.2. The third kappa shape index (κ3) is 4.93. The van der Waals surface area contributed by atoms with Crippen LogP contribution in [0.15, 0.2) is 65.6 Å². The van der Waals surface area contributed by atoms with Crippen molar-refractivity contribution in [3.63, 3.8) is 0 Å². The Balaban J connectivity index is 1.49. The van der Waals surface area contributed by atoms with E-state index < -0.39 is 32.6 Å². The number of carbonyl (C=O) groups is 2. The maximum Gasteiger partial charge on any atom is 0.254 e. The van der Waals surface area contributed by atoms with Crippen LogP contribution >= 0.6 is 0 Å². The van der Waals surface area contributed by atoms with Crippen LogP contribution in [0.2, 0.25) is 0 Å². The average Bonchev–Trinajstić information content (AvgIpc) is 2.84. The molecular weight excluding hydrogens is 461 g/mol. The van der Waals surface area contributed by atoms with E-state index in [2.05, 4.69) is 5.32 Å². The molecule has 8 nitrogen and oxygen atoms in total. The minimum atomic E-state index is -4.13. The number of sulfonamides is 1. The van der Waals surface area contributed by atoms with Crippen LogP contribution in [0.25, 0.3) is 10.8 Å². The number of morpholine rings is 1. The Kier molecular flexibility index (Phi) is 6.92. The number of amides is 2. The van der Waals surface area contributed by atoms with Crippen LogP contribution in [0.1, 0.15) is 10.4 Å². The van der Waals surface area contributed by atoms with Gasteiger partial charge in [0.1, 0.15) is 10.7 Å². The molecule has 0 atom stereocenters. The van der Waals surface area contributed by atoms with Gasteiger partial charge in [-0.25, -0.2) is 12.8 Å². The Morgan fingerprint density at radius 2 is 1.76 bits per heavy atom. The van der Waals surface area contributed by atoms with E-state index in [0.29, 0.717) is 5.69 Å². The molecule has 34 heavy (non-hydrogen) atoms. The van der Waals surface area contributed by atoms with Crippen molar-refractivity contribution < 1.29 is 27.1 Å². The first kappa shape index (κ1) is 23.8. The van der Waals surface area contributed by atoms with Crippen molar-refractivity contribution in [2.24, 2.45) is 0 Å². The summed E-state index contributed by atoms with van der Waals surface area (Å²) in [5.74, 6) is -1.97. The second kappa shape index (κ2) is 9.88. The molecular formula is C24H24FN3O5S. The Bertz CT molecular complexity index is 1330. The predicted molar refractivity (Wildman–Crippen MR) is 126 cm³/mol. The van der Waals surface area contributed by atoms with Crippen molar-refractivity contribution in [2.75, 3.05) is 45.2 Å². The predicted octanol–water partition coefficient (Wildman–Crippen LogP) is 2.71. The maximum atomic E-state index is 14.4. The summed E-state index contributed by atoms with van der Waals surface area (Å²) in [5.41, 5.74) is 0.582. The fourth-order valence-electron chi connectivity index (χ4n) is 3.79. The van der Waals surface area contributed by atoms with Gasteiger partial charge < -0.3 is 15.0 Å². The molecule has 1 heterocycles. The van der Waals surface area contributed by atoms with E-state index in [1.165, 1.54) is 13.1 Å². The van der Waals surface area contributed by atoms with Crippen LogP contribution in [-0.2, 0) is 19.6 Å². The number of fused-ring (bicyclic) bond motifs is 1. The number of nitrogens with zero attached hydrogens (tertiary/aromatic N) is 2. The number of halogens is 1. The first-order valence-corrected chi connectivity index (χ1v) is 12.1. The van der Waals surface area contributed by atoms with Gasteiger partial charge in [-0.3, -0.25) is 9.59 Å². The zero-order valence-corrected chi connectivity index (χ0v) is 19.3. The van der Waals surface area contributed by atoms with Crippen molar-refractivity contribution in [3.05, 3.63) is 72.0 Å². The van der Waals surface area contributed by atoms with Crippen molar-refractivity contribution in [2.45, 2.75) is 4.90 Å². The molecule has 0 radical (unpaired) electrons. The first-order chi connectivity index (χ1) is 16.3. The minimum Gasteiger partial charge on any atom is -0.379 e. The standard InChI is InChI=1S/C24H24FN3O5S/c1-27(16-23(29)26-21-8-4-6-17-5-2-3-7-19(17)21)24(30)18-9-10-20(25)22(15-18)34(31,32)28-11-13-33-14-12-28/h2-10,15H,11-14,16H2,1H3,(H,26,29). The van der Waals surface area contributed by atoms with Gasteiger partial charge >= 0.3 is 0 Å². The largest absolute Gasteiger partial charge is 0.379 e. The Morgan fingerprint density at radius 1 is 1.06 bits per heavy atom. The van der Waals surface area contributed by atoms with Crippen LogP contribution in [0, 0.1) is 5.82 Å². The Hall–Kier alpha value is -3.34. The molecule has 178 valence electrons. The molecule has 0 unspecified atom stereocenters. The Labute approximate surface area is 197 Å². The van der Waals surface area contributed by atoms with E-state index in [-0.39, 0.29) is 38.4 Å². The summed E-state index contributed by atoms with van der Waals surface area (Å²) in [6, 6.07) is 16.3. The first-order valence-electron chi connectivity index (χ1n) is 10.7. The summed E-state index contributed by atoms with van der Waals surface area (Å²) in [4.78, 5) is 26.1. The molecule has 4 rings (SSSR count). The highest BCUT2D eigenvalue weighted by Gasteiger charge is 2.30. The summed E-state index contributed by atoms with van der Waals surface area (Å²) in [5, 5.41) is 4.63. The summed E-state index contributed by atoms with van der Waals surface area (Å²) in [6.45, 7) is 0.370. The normalized spacial score (nSPS) is 14.6. The molecule has 1 fully saturated rings. The summed E-state index contributed by atoms with van der Waals surface area (Å²) >= 11 is 0. The van der Waals surface area contributed by atoms with Crippen LogP contribution < -0.4 is 5.32 Å². The monoisotopic (exact) mass is 485 g/mol. The van der Waals surface area contributed by atoms with E-state index in [9.17, 15) is 22.4 Å². The van der Waals surface area contributed by atoms with E-state index in [1.807, 2.05) is 36.4 Å². The van der Waals surface area contributed by atoms with Crippen LogP contribution in [-0.4, -0.2) is 69.3 Å². The number of hydrogen-bond acceptors (Lipinski definition) is 5. The zero-order valence-electron chi connectivity index (χ0n) is 18.5. The average molecular weight is 486 g/mol. The lowest BCUT2D eigenvalue weighted by Gasteiger charge is -2.26. The molecule has 3 aromatic rings. The molecule has 10 heteroatoms. The number of carbonyl (C=O) groups excluding carboxylic acids is 2. The lowest BCUT2D eigenvalue weighted by Crippen LogP contribution is -2.41. The number of ether oxygens (including phenoxy) is 1. The maximum absolute atomic E-state index is 14.4. The smallest absolute Gasteiger partial charge is 0.254 e. The molecule has 0 spiro atoms. The molecule has 1 saturated heterocycles. The SMILES string of the molecule is CN(CC(=O)Nc1cccc2ccccc12)C(=O)c1ccc(F)c(S(=O)(=O)N2CCOCC2)c1. The molecule has 3 aromatic carbocycles. The lowest BCUT2D eigenvalue weighted by atomic mass is 10.1. The van der Waals surface area contributed by atoms with E-state index in [1.54, 1.807) is 6.07 Å². The fraction of sp³-hybridized carbons (Fsp3) is 0.250. The molecule has 1 aliphatic rings. The molecule has 0 aliphatic carbocycles. The van der Waals surface area contributed by atoms with Gasteiger partial charge in [0.2, 0.25) is 15.9 Å². The number of anilines is 1. The van der Waals surface area contributed by atoms with Gasteiger partial charge in [-0.15, -0.1) is 0 Å². The van der Waals surface area contributed by atoms with Crippen molar-refractivity contribution in [3.8, 4) is 0 Å². The molecule has 2 amide bonds. The van der Waals surface area contributed by atoms with Crippen molar-refractivity contribution in [1.29, 1.82) is 0 Å². The Morgan fingerprint density at radius 3 is 2.53 bits per heavy atom. The van der Waals surface area contributed by atoms with Gasteiger partial charge in [0, 0.05) is 36.8 Å². The van der Waals surface area contributed by atoms with Gasteiger partial charge in [-0.1, -0.05) is 36.4 Å². The number of likely N-dealkylation sites (N-methyl/N-ethyl adjacent to an activating group) is 1. The molecule has 0 aromatic heterocycles. The summed E-state index contributed by atoms with van der Waals surface area (Å²) in [6.07, 6.45) is 0. The van der Waals surface area contributed by atoms with Gasteiger partial charge in [0.25, 0.3) is 5.91 Å². The number of benzene rings is 3. The van der Waals surface area contributed by atoms with Crippen molar-refractivity contribution >= 4 is 38.3 Å². The van der Waals surface area contributed by atoms with Gasteiger partial charge in [-0.2, -0.15) is 4.31 Å². The second-order valence-electron chi connectivity index (χ2n) is 7.90. The molecule has 0 saturated carbocycles. The van der Waals surface area contributed by atoms with Crippen LogP contribution in [0.4, 0.5) is 10.1 Å². The molecule has 1 aliphatic heterocycles. The zero-order chi connectivity index (χ0) is 24.3. The van der Waals surface area contributed by atoms with Crippen LogP contribution in [0.5, 0.6) is 0 Å². The number of nitrogens with one attached hydrogen (secondary N) is 1. The van der Waals surface area contributed by atoms with E-state index in [4.69, 9.17) is 4.74 Å². The topological polar surface area (TPSA) is 96.0 Å². The van der Waals surface area contributed by atoms with Gasteiger partial charge in [-0.05, 0) is 29.7 Å². The summed E-state index contributed by atoms with van der Waals surface area (Å²) in [7, 11) is -2.71. The fourth-order valence-corrected chi connectivity index (χ4v) is 5.29. The third-order valence-electron chi connectivity index (χ3n) is 5.56. The van der Waals surface area contributed by atoms with Crippen LogP contribution in [0.3, 0.4) is 0 Å². The molecule has 0 bridgehead atoms. The quantitative estimate of drug-likeness (QED) is 0.579. The highest BCUT2D eigenvalue weighted by Crippen LogP contribution is 2.24. The minimum absolute atomic E-state index is 0.0336. The van der Waals surface area contributed by atoms with Crippen molar-refractivity contribution in [1.82, 2.24) is 9.21 Å². The summed E-state index contributed by atoms with van der Waals surface area (Å²) < 4.78 is 46.5. The van der Waals surface area contributed by atoms with Gasteiger partial charge in [0.15, 0.2) is 0 Å². The third-order valence-corrected chi connectivity index (χ3v) is 7.47. The highest BCUT2D eigenvalue weighted by molar-refractivity contribution is 7.89. The lowest BCUT2D eigenvalue weighted by molar-refractivity contribution is -0.116.